The van der Waals surface area contributed by atoms with Crippen LogP contribution in [0.2, 0.25) is 0 Å². The summed E-state index contributed by atoms with van der Waals surface area (Å²) in [4.78, 5) is 27.5. The van der Waals surface area contributed by atoms with Crippen LogP contribution in [-0.2, 0) is 21.2 Å². The Kier molecular flexibility index (Phi) is 9.23. The summed E-state index contributed by atoms with van der Waals surface area (Å²) in [6, 6.07) is 12.4. The molecule has 1 aromatic heterocycles. The highest BCUT2D eigenvalue weighted by Crippen LogP contribution is 2.09. The van der Waals surface area contributed by atoms with E-state index in [0.29, 0.717) is 19.4 Å². The van der Waals surface area contributed by atoms with Crippen LogP contribution in [0.4, 0.5) is 4.79 Å². The molecule has 0 fully saturated rings. The summed E-state index contributed by atoms with van der Waals surface area (Å²) in [5.41, 5.74) is 1.18. The van der Waals surface area contributed by atoms with Crippen molar-refractivity contribution in [1.82, 2.24) is 15.0 Å². The maximum atomic E-state index is 12.2. The minimum Gasteiger partial charge on any atom is -0.391 e. The molecule has 162 valence electrons. The zero-order chi connectivity index (χ0) is 21.8. The van der Waals surface area contributed by atoms with Crippen molar-refractivity contribution in [3.63, 3.8) is 0 Å². The van der Waals surface area contributed by atoms with E-state index in [0.717, 1.165) is 18.2 Å². The first-order chi connectivity index (χ1) is 14.4. The fourth-order valence-electron chi connectivity index (χ4n) is 2.48. The van der Waals surface area contributed by atoms with Crippen molar-refractivity contribution in [2.75, 3.05) is 26.0 Å². The van der Waals surface area contributed by atoms with Crippen LogP contribution >= 0.6 is 0 Å². The highest BCUT2D eigenvalue weighted by Gasteiger charge is 2.16. The molecule has 30 heavy (non-hydrogen) atoms. The molecule has 2 rings (SSSR count). The Hall–Kier alpha value is -2.98. The van der Waals surface area contributed by atoms with Crippen LogP contribution in [0.3, 0.4) is 0 Å². The molecule has 0 saturated heterocycles. The zero-order valence-electron chi connectivity index (χ0n) is 16.7. The molecular weight excluding hydrogens is 410 g/mol. The highest BCUT2D eigenvalue weighted by molar-refractivity contribution is 7.90. The third-order valence-corrected chi connectivity index (χ3v) is 5.31. The van der Waals surface area contributed by atoms with Crippen molar-refractivity contribution in [2.24, 2.45) is 0 Å². The van der Waals surface area contributed by atoms with E-state index >= 15 is 0 Å². The van der Waals surface area contributed by atoms with Gasteiger partial charge in [-0.3, -0.25) is 4.79 Å². The number of nitrogens with zero attached hydrogens (tertiary/aromatic N) is 1. The lowest BCUT2D eigenvalue weighted by atomic mass is 10.1. The Morgan fingerprint density at radius 2 is 1.83 bits per heavy atom. The molecule has 0 radical (unpaired) electrons. The average molecular weight is 436 g/mol. The van der Waals surface area contributed by atoms with Crippen LogP contribution < -0.4 is 14.8 Å². The van der Waals surface area contributed by atoms with Crippen LogP contribution in [0.15, 0.2) is 48.7 Å². The van der Waals surface area contributed by atoms with E-state index in [1.54, 1.807) is 0 Å². The predicted octanol–water partition coefficient (Wildman–Crippen LogP) is 1.90. The topological polar surface area (TPSA) is 124 Å². The third-order valence-electron chi connectivity index (χ3n) is 3.99. The maximum absolute atomic E-state index is 12.2. The number of ether oxygens (including phenoxy) is 2. The van der Waals surface area contributed by atoms with E-state index in [1.807, 2.05) is 35.1 Å². The molecular formula is C20H25N3O6S. The molecule has 0 unspecified atom stereocenters. The van der Waals surface area contributed by atoms with Gasteiger partial charge in [-0.15, -0.1) is 0 Å². The van der Waals surface area contributed by atoms with Crippen molar-refractivity contribution in [3.8, 4) is 5.88 Å². The van der Waals surface area contributed by atoms with E-state index in [-0.39, 0.29) is 23.7 Å². The molecule has 0 spiro atoms. The van der Waals surface area contributed by atoms with Crippen molar-refractivity contribution < 1.29 is 27.5 Å². The Bertz CT molecular complexity index is 917. The second kappa shape index (κ2) is 11.9. The first kappa shape index (κ1) is 23.3. The molecule has 0 aliphatic rings. The number of aromatic nitrogens is 1. The molecule has 0 saturated carbocycles. The van der Waals surface area contributed by atoms with Gasteiger partial charge in [0.15, 0.2) is 0 Å². The normalized spacial score (nSPS) is 11.0. The van der Waals surface area contributed by atoms with E-state index < -0.39 is 22.0 Å². The SMILES string of the molecule is COCCNC(=O)Oc1ccc(C(=O)NS(=O)(=O)CCCCc2ccccc2)cn1. The first-order valence-corrected chi connectivity index (χ1v) is 11.0. The van der Waals surface area contributed by atoms with E-state index in [9.17, 15) is 18.0 Å². The molecule has 1 heterocycles. The van der Waals surface area contributed by atoms with Crippen molar-refractivity contribution in [1.29, 1.82) is 0 Å². The van der Waals surface area contributed by atoms with Crippen LogP contribution in [0, 0.1) is 0 Å². The maximum Gasteiger partial charge on any atom is 0.414 e. The molecule has 2 aromatic rings. The zero-order valence-corrected chi connectivity index (χ0v) is 17.5. The molecule has 9 nitrogen and oxygen atoms in total. The van der Waals surface area contributed by atoms with Crippen LogP contribution in [0.1, 0.15) is 28.8 Å². The molecule has 2 amide bonds. The summed E-state index contributed by atoms with van der Waals surface area (Å²) in [5.74, 6) is -0.964. The van der Waals surface area contributed by atoms with E-state index in [1.165, 1.54) is 19.2 Å². The molecule has 10 heteroatoms. The number of hydrogen-bond donors (Lipinski definition) is 2. The Balaban J connectivity index is 1.77. The number of rotatable bonds is 11. The minimum atomic E-state index is -3.76. The van der Waals surface area contributed by atoms with Gasteiger partial charge >= 0.3 is 6.09 Å². The summed E-state index contributed by atoms with van der Waals surface area (Å²) in [6.07, 6.45) is 2.32. The first-order valence-electron chi connectivity index (χ1n) is 9.39. The number of nitrogens with one attached hydrogen (secondary N) is 2. The number of carbonyl (C=O) groups is 2. The minimum absolute atomic E-state index is 0.0229. The van der Waals surface area contributed by atoms with Gasteiger partial charge in [-0.1, -0.05) is 30.3 Å². The lowest BCUT2D eigenvalue weighted by molar-refractivity contribution is 0.0981. The van der Waals surface area contributed by atoms with Gasteiger partial charge < -0.3 is 14.8 Å². The second-order valence-corrected chi connectivity index (χ2v) is 8.23. The van der Waals surface area contributed by atoms with Crippen molar-refractivity contribution >= 4 is 22.0 Å². The second-order valence-electron chi connectivity index (χ2n) is 6.39. The molecule has 0 bridgehead atoms. The van der Waals surface area contributed by atoms with E-state index in [2.05, 4.69) is 10.3 Å². The number of aryl methyl sites for hydroxylation is 1. The van der Waals surface area contributed by atoms with Gasteiger partial charge in [0, 0.05) is 25.9 Å². The number of unbranched alkanes of at least 4 members (excludes halogenated alkanes) is 1. The van der Waals surface area contributed by atoms with E-state index in [4.69, 9.17) is 9.47 Å². The Morgan fingerprint density at radius 1 is 1.07 bits per heavy atom. The molecule has 0 aliphatic carbocycles. The van der Waals surface area contributed by atoms with Gasteiger partial charge in [0.2, 0.25) is 15.9 Å². The molecule has 1 aromatic carbocycles. The van der Waals surface area contributed by atoms with Gasteiger partial charge in [-0.25, -0.2) is 22.9 Å². The Labute approximate surface area is 175 Å². The molecule has 0 atom stereocenters. The number of benzene rings is 1. The van der Waals surface area contributed by atoms with Gasteiger partial charge in [-0.05, 0) is 30.9 Å². The van der Waals surface area contributed by atoms with Gasteiger partial charge in [0.05, 0.1) is 17.9 Å². The number of hydrogen-bond acceptors (Lipinski definition) is 7. The summed E-state index contributed by atoms with van der Waals surface area (Å²) < 4.78 is 36.0. The summed E-state index contributed by atoms with van der Waals surface area (Å²) in [7, 11) is -2.26. The molecule has 2 N–H and O–H groups in total. The third kappa shape index (κ3) is 8.58. The van der Waals surface area contributed by atoms with Crippen LogP contribution in [-0.4, -0.2) is 51.4 Å². The predicted molar refractivity (Wildman–Crippen MR) is 111 cm³/mol. The number of amides is 2. The monoisotopic (exact) mass is 435 g/mol. The smallest absolute Gasteiger partial charge is 0.391 e. The number of pyridine rings is 1. The molecule has 0 aliphatic heterocycles. The lowest BCUT2D eigenvalue weighted by Crippen LogP contribution is -2.32. The highest BCUT2D eigenvalue weighted by atomic mass is 32.2. The quantitative estimate of drug-likeness (QED) is 0.517. The van der Waals surface area contributed by atoms with Gasteiger partial charge in [0.25, 0.3) is 5.91 Å². The van der Waals surface area contributed by atoms with Crippen LogP contribution in [0.25, 0.3) is 0 Å². The van der Waals surface area contributed by atoms with Crippen molar-refractivity contribution in [3.05, 3.63) is 59.8 Å². The summed E-state index contributed by atoms with van der Waals surface area (Å²) in [6.45, 7) is 0.612. The van der Waals surface area contributed by atoms with Crippen molar-refractivity contribution in [2.45, 2.75) is 19.3 Å². The Morgan fingerprint density at radius 3 is 2.50 bits per heavy atom. The largest absolute Gasteiger partial charge is 0.414 e. The number of carbonyl (C=O) groups excluding carboxylic acids is 2. The standard InChI is InChI=1S/C20H25N3O6S/c1-28-13-12-21-20(25)29-18-11-10-17(15-22-18)19(24)23-30(26,27)14-6-5-9-16-7-3-2-4-8-16/h2-4,7-8,10-11,15H,5-6,9,12-14H2,1H3,(H,21,25)(H,23,24). The average Bonchev–Trinajstić information content (AvgIpc) is 2.72. The fourth-order valence-corrected chi connectivity index (χ4v) is 3.56. The van der Waals surface area contributed by atoms with Gasteiger partial charge in [0.1, 0.15) is 0 Å². The summed E-state index contributed by atoms with van der Waals surface area (Å²) in [5, 5.41) is 2.45. The van der Waals surface area contributed by atoms with Gasteiger partial charge in [-0.2, -0.15) is 0 Å². The lowest BCUT2D eigenvalue weighted by Gasteiger charge is -2.08. The fraction of sp³-hybridized carbons (Fsp3) is 0.350. The number of methoxy groups -OCH3 is 1. The van der Waals surface area contributed by atoms with Crippen LogP contribution in [0.5, 0.6) is 5.88 Å². The number of sulfonamides is 1. The summed E-state index contributed by atoms with van der Waals surface area (Å²) >= 11 is 0.